The molecule has 0 aliphatic rings. The number of halogens is 1. The molecule has 3 nitrogen and oxygen atoms in total. The van der Waals surface area contributed by atoms with E-state index in [1.807, 2.05) is 36.1 Å². The summed E-state index contributed by atoms with van der Waals surface area (Å²) in [6.07, 6.45) is 1.83. The molecule has 0 unspecified atom stereocenters. The molecule has 0 saturated heterocycles. The van der Waals surface area contributed by atoms with Crippen LogP contribution >= 0.6 is 0 Å². The Kier molecular flexibility index (Phi) is 2.48. The molecule has 0 aliphatic carbocycles. The number of nitrogens with one attached hydrogen (secondary N) is 1. The Hall–Kier alpha value is -2.36. The maximum absolute atomic E-state index is 12.8. The lowest BCUT2D eigenvalue weighted by Crippen LogP contribution is -1.92. The van der Waals surface area contributed by atoms with Crippen molar-refractivity contribution in [2.45, 2.75) is 0 Å². The maximum Gasteiger partial charge on any atom is 0.123 e. The number of rotatable bonds is 2. The zero-order valence-corrected chi connectivity index (χ0v) is 9.89. The molecular formula is C14H12FN3. The molecular weight excluding hydrogens is 229 g/mol. The van der Waals surface area contributed by atoms with Crippen LogP contribution in [0.1, 0.15) is 0 Å². The van der Waals surface area contributed by atoms with Crippen molar-refractivity contribution < 1.29 is 4.39 Å². The van der Waals surface area contributed by atoms with Gasteiger partial charge in [-0.2, -0.15) is 5.10 Å². The van der Waals surface area contributed by atoms with Gasteiger partial charge >= 0.3 is 0 Å². The fraction of sp³-hybridized carbons (Fsp3) is 0.0714. The molecule has 0 atom stereocenters. The zero-order chi connectivity index (χ0) is 12.5. The topological polar surface area (TPSA) is 29.9 Å². The Labute approximate surface area is 104 Å². The van der Waals surface area contributed by atoms with E-state index in [-0.39, 0.29) is 5.82 Å². The quantitative estimate of drug-likeness (QED) is 0.744. The van der Waals surface area contributed by atoms with E-state index in [2.05, 4.69) is 10.4 Å². The van der Waals surface area contributed by atoms with E-state index in [4.69, 9.17) is 0 Å². The fourth-order valence-corrected chi connectivity index (χ4v) is 1.92. The van der Waals surface area contributed by atoms with Crippen molar-refractivity contribution in [2.75, 3.05) is 5.32 Å². The summed E-state index contributed by atoms with van der Waals surface area (Å²) in [7, 11) is 1.91. The first-order valence-corrected chi connectivity index (χ1v) is 5.67. The second-order valence-electron chi connectivity index (χ2n) is 4.17. The SMILES string of the molecule is Cn1ncc2ccc(Nc3ccc(F)cc3)cc21. The molecule has 0 bridgehead atoms. The summed E-state index contributed by atoms with van der Waals surface area (Å²) in [5.41, 5.74) is 2.87. The third kappa shape index (κ3) is 1.93. The maximum atomic E-state index is 12.8. The van der Waals surface area contributed by atoms with Gasteiger partial charge in [0.15, 0.2) is 0 Å². The lowest BCUT2D eigenvalue weighted by atomic mass is 10.2. The Morgan fingerprint density at radius 1 is 1.06 bits per heavy atom. The number of nitrogens with zero attached hydrogens (tertiary/aromatic N) is 2. The summed E-state index contributed by atoms with van der Waals surface area (Å²) in [6.45, 7) is 0. The van der Waals surface area contributed by atoms with Crippen molar-refractivity contribution in [3.8, 4) is 0 Å². The third-order valence-corrected chi connectivity index (χ3v) is 2.88. The van der Waals surface area contributed by atoms with E-state index >= 15 is 0 Å². The summed E-state index contributed by atoms with van der Waals surface area (Å²) >= 11 is 0. The summed E-state index contributed by atoms with van der Waals surface area (Å²) in [5.74, 6) is -0.234. The number of hydrogen-bond donors (Lipinski definition) is 1. The summed E-state index contributed by atoms with van der Waals surface area (Å²) < 4.78 is 14.6. The smallest absolute Gasteiger partial charge is 0.123 e. The van der Waals surface area contributed by atoms with E-state index in [0.29, 0.717) is 0 Å². The van der Waals surface area contributed by atoms with Crippen molar-refractivity contribution in [2.24, 2.45) is 7.05 Å². The van der Waals surface area contributed by atoms with E-state index in [0.717, 1.165) is 22.3 Å². The summed E-state index contributed by atoms with van der Waals surface area (Å²) in [5, 5.41) is 8.53. The molecule has 3 rings (SSSR count). The Morgan fingerprint density at radius 3 is 2.56 bits per heavy atom. The first-order valence-electron chi connectivity index (χ1n) is 5.67. The van der Waals surface area contributed by atoms with Gasteiger partial charge in [0.1, 0.15) is 5.82 Å². The van der Waals surface area contributed by atoms with Gasteiger partial charge in [0, 0.05) is 23.8 Å². The van der Waals surface area contributed by atoms with Crippen LogP contribution in [-0.4, -0.2) is 9.78 Å². The summed E-state index contributed by atoms with van der Waals surface area (Å²) in [4.78, 5) is 0. The molecule has 0 aliphatic heterocycles. The van der Waals surface area contributed by atoms with Crippen LogP contribution in [0.4, 0.5) is 15.8 Å². The van der Waals surface area contributed by atoms with Gasteiger partial charge in [-0.1, -0.05) is 0 Å². The lowest BCUT2D eigenvalue weighted by molar-refractivity contribution is 0.628. The predicted molar refractivity (Wildman–Crippen MR) is 70.4 cm³/mol. The van der Waals surface area contributed by atoms with E-state index in [1.54, 1.807) is 12.1 Å². The molecule has 0 saturated carbocycles. The zero-order valence-electron chi connectivity index (χ0n) is 9.89. The highest BCUT2D eigenvalue weighted by atomic mass is 19.1. The van der Waals surface area contributed by atoms with Gasteiger partial charge in [-0.25, -0.2) is 4.39 Å². The van der Waals surface area contributed by atoms with Crippen molar-refractivity contribution in [3.05, 3.63) is 54.5 Å². The molecule has 1 heterocycles. The number of hydrogen-bond acceptors (Lipinski definition) is 2. The van der Waals surface area contributed by atoms with Gasteiger partial charge in [0.25, 0.3) is 0 Å². The number of benzene rings is 2. The van der Waals surface area contributed by atoms with Crippen molar-refractivity contribution in [1.29, 1.82) is 0 Å². The van der Waals surface area contributed by atoms with Crippen molar-refractivity contribution in [3.63, 3.8) is 0 Å². The second kappa shape index (κ2) is 4.14. The molecule has 4 heteroatoms. The van der Waals surface area contributed by atoms with Crippen LogP contribution < -0.4 is 5.32 Å². The average molecular weight is 241 g/mol. The standard InChI is InChI=1S/C14H12FN3/c1-18-14-8-13(5-2-10(14)9-16-18)17-12-6-3-11(15)4-7-12/h2-9,17H,1H3. The Morgan fingerprint density at radius 2 is 1.78 bits per heavy atom. The Bertz CT molecular complexity index is 686. The first-order chi connectivity index (χ1) is 8.72. The highest BCUT2D eigenvalue weighted by molar-refractivity contribution is 5.83. The number of anilines is 2. The van der Waals surface area contributed by atoms with Gasteiger partial charge in [0.2, 0.25) is 0 Å². The van der Waals surface area contributed by atoms with Gasteiger partial charge in [-0.3, -0.25) is 4.68 Å². The number of aryl methyl sites for hydroxylation is 1. The minimum atomic E-state index is -0.234. The molecule has 1 N–H and O–H groups in total. The van der Waals surface area contributed by atoms with E-state index in [1.165, 1.54) is 12.1 Å². The number of aromatic nitrogens is 2. The van der Waals surface area contributed by atoms with Crippen molar-refractivity contribution in [1.82, 2.24) is 9.78 Å². The minimum Gasteiger partial charge on any atom is -0.355 e. The van der Waals surface area contributed by atoms with Crippen molar-refractivity contribution >= 4 is 22.3 Å². The van der Waals surface area contributed by atoms with Crippen LogP contribution in [0.15, 0.2) is 48.7 Å². The van der Waals surface area contributed by atoms with Crippen LogP contribution in [0.3, 0.4) is 0 Å². The molecule has 2 aromatic carbocycles. The largest absolute Gasteiger partial charge is 0.355 e. The Balaban J connectivity index is 1.94. The van der Waals surface area contributed by atoms with Gasteiger partial charge in [-0.15, -0.1) is 0 Å². The molecule has 3 aromatic rings. The second-order valence-corrected chi connectivity index (χ2v) is 4.17. The first kappa shape index (κ1) is 10.8. The molecule has 18 heavy (non-hydrogen) atoms. The molecule has 90 valence electrons. The molecule has 0 fully saturated rings. The normalized spacial score (nSPS) is 10.8. The summed E-state index contributed by atoms with van der Waals surface area (Å²) in [6, 6.07) is 12.3. The van der Waals surface area contributed by atoms with Gasteiger partial charge in [0.05, 0.1) is 11.7 Å². The van der Waals surface area contributed by atoms with Gasteiger partial charge < -0.3 is 5.32 Å². The highest BCUT2D eigenvalue weighted by Crippen LogP contribution is 2.21. The third-order valence-electron chi connectivity index (χ3n) is 2.88. The van der Waals surface area contributed by atoms with Crippen LogP contribution in [0.25, 0.3) is 10.9 Å². The lowest BCUT2D eigenvalue weighted by Gasteiger charge is -2.06. The minimum absolute atomic E-state index is 0.234. The average Bonchev–Trinajstić information content (AvgIpc) is 2.74. The predicted octanol–water partition coefficient (Wildman–Crippen LogP) is 3.46. The van der Waals surface area contributed by atoms with Crippen LogP contribution in [0, 0.1) is 5.82 Å². The van der Waals surface area contributed by atoms with E-state index in [9.17, 15) is 4.39 Å². The number of fused-ring (bicyclic) bond motifs is 1. The molecule has 0 radical (unpaired) electrons. The van der Waals surface area contributed by atoms with E-state index < -0.39 is 0 Å². The molecule has 1 aromatic heterocycles. The van der Waals surface area contributed by atoms with Crippen LogP contribution in [-0.2, 0) is 7.05 Å². The van der Waals surface area contributed by atoms with Crippen LogP contribution in [0.2, 0.25) is 0 Å². The monoisotopic (exact) mass is 241 g/mol. The van der Waals surface area contributed by atoms with Gasteiger partial charge in [-0.05, 0) is 42.5 Å². The molecule has 0 spiro atoms. The van der Waals surface area contributed by atoms with Crippen LogP contribution in [0.5, 0.6) is 0 Å². The highest BCUT2D eigenvalue weighted by Gasteiger charge is 2.01. The fourth-order valence-electron chi connectivity index (χ4n) is 1.92. The molecule has 0 amide bonds.